The Bertz CT molecular complexity index is 702. The number of carbonyl (C=O) groups is 1. The molecule has 1 saturated carbocycles. The van der Waals surface area contributed by atoms with E-state index in [9.17, 15) is 18.0 Å². The smallest absolute Gasteiger partial charge is 0.418 e. The van der Waals surface area contributed by atoms with Gasteiger partial charge in [0.05, 0.1) is 28.8 Å². The van der Waals surface area contributed by atoms with E-state index in [2.05, 4.69) is 10.1 Å². The van der Waals surface area contributed by atoms with Crippen molar-refractivity contribution in [2.45, 2.75) is 37.9 Å². The van der Waals surface area contributed by atoms with Crippen molar-refractivity contribution >= 4 is 17.0 Å². The van der Waals surface area contributed by atoms with Gasteiger partial charge in [-0.05, 0) is 12.8 Å². The number of hydrogen-bond donors (Lipinski definition) is 1. The fourth-order valence-corrected chi connectivity index (χ4v) is 2.88. The molecular formula is C13H12F3N3O2. The number of rotatable bonds is 2. The molecule has 1 aliphatic carbocycles. The molecule has 0 atom stereocenters. The molecule has 8 heteroatoms. The minimum atomic E-state index is -4.77. The summed E-state index contributed by atoms with van der Waals surface area (Å²) in [5, 5.41) is 12.7. The highest BCUT2D eigenvalue weighted by molar-refractivity contribution is 5.95. The standard InChI is InChI=1S/C13H12F3N3O2/c14-13(15,16)10-8-6-18-19(7-3-1-2-4-7)11(8)17-5-9(10)12(20)21/h5-7H,1-4H2,(H,20,21). The van der Waals surface area contributed by atoms with Crippen molar-refractivity contribution in [2.24, 2.45) is 0 Å². The van der Waals surface area contributed by atoms with Gasteiger partial charge in [-0.15, -0.1) is 0 Å². The maximum atomic E-state index is 13.2. The highest BCUT2D eigenvalue weighted by atomic mass is 19.4. The van der Waals surface area contributed by atoms with Gasteiger partial charge in [0.25, 0.3) is 0 Å². The van der Waals surface area contributed by atoms with Crippen LogP contribution in [0.3, 0.4) is 0 Å². The lowest BCUT2D eigenvalue weighted by Gasteiger charge is -2.13. The molecule has 0 aliphatic heterocycles. The van der Waals surface area contributed by atoms with E-state index in [1.54, 1.807) is 0 Å². The highest BCUT2D eigenvalue weighted by Crippen LogP contribution is 2.38. The summed E-state index contributed by atoms with van der Waals surface area (Å²) in [5.74, 6) is -1.65. The maximum Gasteiger partial charge on any atom is 0.418 e. The molecule has 5 nitrogen and oxygen atoms in total. The van der Waals surface area contributed by atoms with Gasteiger partial charge in [-0.3, -0.25) is 0 Å². The molecule has 2 aromatic rings. The van der Waals surface area contributed by atoms with Crippen LogP contribution in [0.5, 0.6) is 0 Å². The molecule has 112 valence electrons. The van der Waals surface area contributed by atoms with Crippen LogP contribution in [-0.4, -0.2) is 25.8 Å². The van der Waals surface area contributed by atoms with Gasteiger partial charge in [-0.2, -0.15) is 18.3 Å². The zero-order valence-electron chi connectivity index (χ0n) is 10.9. The molecule has 1 N–H and O–H groups in total. The molecule has 0 unspecified atom stereocenters. The number of halogens is 3. The van der Waals surface area contributed by atoms with E-state index in [1.807, 2.05) is 0 Å². The van der Waals surface area contributed by atoms with Crippen LogP contribution in [-0.2, 0) is 6.18 Å². The Balaban J connectivity index is 2.24. The van der Waals surface area contributed by atoms with E-state index < -0.39 is 23.3 Å². The van der Waals surface area contributed by atoms with Gasteiger partial charge in [-0.1, -0.05) is 12.8 Å². The first kappa shape index (κ1) is 13.8. The number of fused-ring (bicyclic) bond motifs is 1. The van der Waals surface area contributed by atoms with Crippen molar-refractivity contribution in [1.82, 2.24) is 14.8 Å². The van der Waals surface area contributed by atoms with Crippen LogP contribution in [0.1, 0.15) is 47.6 Å². The predicted octanol–water partition coefficient (Wildman–Crippen LogP) is 3.26. The summed E-state index contributed by atoms with van der Waals surface area (Å²) in [6.07, 6.45) is 0.771. The van der Waals surface area contributed by atoms with E-state index in [0.717, 1.165) is 38.1 Å². The molecule has 3 rings (SSSR count). The summed E-state index contributed by atoms with van der Waals surface area (Å²) in [5.41, 5.74) is -1.93. The molecule has 0 saturated heterocycles. The Kier molecular flexibility index (Phi) is 3.11. The summed E-state index contributed by atoms with van der Waals surface area (Å²) >= 11 is 0. The molecule has 0 radical (unpaired) electrons. The Morgan fingerprint density at radius 2 is 1.95 bits per heavy atom. The molecule has 2 aromatic heterocycles. The summed E-state index contributed by atoms with van der Waals surface area (Å²) in [6, 6.07) is 0.0340. The quantitative estimate of drug-likeness (QED) is 0.924. The van der Waals surface area contributed by atoms with Gasteiger partial charge in [-0.25, -0.2) is 14.5 Å². The number of aromatic carboxylic acids is 1. The normalized spacial score (nSPS) is 16.7. The first-order valence-electron chi connectivity index (χ1n) is 6.56. The van der Waals surface area contributed by atoms with Crippen molar-refractivity contribution in [1.29, 1.82) is 0 Å². The number of aromatic nitrogens is 3. The third-order valence-corrected chi connectivity index (χ3v) is 3.81. The van der Waals surface area contributed by atoms with Crippen molar-refractivity contribution in [2.75, 3.05) is 0 Å². The first-order chi connectivity index (χ1) is 9.89. The predicted molar refractivity (Wildman–Crippen MR) is 67.0 cm³/mol. The molecule has 0 spiro atoms. The Labute approximate surface area is 117 Å². The maximum absolute atomic E-state index is 13.2. The Morgan fingerprint density at radius 1 is 1.29 bits per heavy atom. The summed E-state index contributed by atoms with van der Waals surface area (Å²) in [4.78, 5) is 14.9. The lowest BCUT2D eigenvalue weighted by atomic mass is 10.1. The van der Waals surface area contributed by atoms with Crippen LogP contribution in [0.15, 0.2) is 12.4 Å². The van der Waals surface area contributed by atoms with Crippen LogP contribution in [0.2, 0.25) is 0 Å². The lowest BCUT2D eigenvalue weighted by Crippen LogP contribution is -2.15. The third kappa shape index (κ3) is 2.24. The van der Waals surface area contributed by atoms with Crippen molar-refractivity contribution < 1.29 is 23.1 Å². The van der Waals surface area contributed by atoms with Gasteiger partial charge in [0.1, 0.15) is 0 Å². The van der Waals surface area contributed by atoms with Gasteiger partial charge in [0, 0.05) is 6.20 Å². The average Bonchev–Trinajstić information content (AvgIpc) is 3.04. The molecule has 2 heterocycles. The second-order valence-electron chi connectivity index (χ2n) is 5.11. The summed E-state index contributed by atoms with van der Waals surface area (Å²) in [6.45, 7) is 0. The SMILES string of the molecule is O=C(O)c1cnc2c(cnn2C2CCCC2)c1C(F)(F)F. The molecule has 21 heavy (non-hydrogen) atoms. The van der Waals surface area contributed by atoms with Crippen LogP contribution in [0, 0.1) is 0 Å². The monoisotopic (exact) mass is 299 g/mol. The number of nitrogens with zero attached hydrogens (tertiary/aromatic N) is 3. The Hall–Kier alpha value is -2.12. The van der Waals surface area contributed by atoms with Crippen LogP contribution in [0.25, 0.3) is 11.0 Å². The third-order valence-electron chi connectivity index (χ3n) is 3.81. The fraction of sp³-hybridized carbons (Fsp3) is 0.462. The number of carboxylic acid groups (broad SMARTS) is 1. The molecule has 0 aromatic carbocycles. The number of hydrogen-bond acceptors (Lipinski definition) is 3. The lowest BCUT2D eigenvalue weighted by molar-refractivity contribution is -0.136. The van der Waals surface area contributed by atoms with E-state index >= 15 is 0 Å². The minimum Gasteiger partial charge on any atom is -0.478 e. The Morgan fingerprint density at radius 3 is 2.52 bits per heavy atom. The number of carboxylic acids is 1. The second kappa shape index (κ2) is 4.71. The summed E-state index contributed by atoms with van der Waals surface area (Å²) < 4.78 is 41.1. The number of alkyl halides is 3. The minimum absolute atomic E-state index is 0.0340. The topological polar surface area (TPSA) is 68.0 Å². The van der Waals surface area contributed by atoms with E-state index in [0.29, 0.717) is 0 Å². The molecule has 1 fully saturated rings. The van der Waals surface area contributed by atoms with Crippen molar-refractivity contribution in [3.63, 3.8) is 0 Å². The van der Waals surface area contributed by atoms with Gasteiger partial charge in [0.15, 0.2) is 5.65 Å². The molecule has 0 amide bonds. The van der Waals surface area contributed by atoms with Crippen molar-refractivity contribution in [3.05, 3.63) is 23.5 Å². The zero-order chi connectivity index (χ0) is 15.2. The molecule has 0 bridgehead atoms. The average molecular weight is 299 g/mol. The highest BCUT2D eigenvalue weighted by Gasteiger charge is 2.39. The van der Waals surface area contributed by atoms with Gasteiger partial charge in [0.2, 0.25) is 0 Å². The van der Waals surface area contributed by atoms with Crippen LogP contribution in [0.4, 0.5) is 13.2 Å². The summed E-state index contributed by atoms with van der Waals surface area (Å²) in [7, 11) is 0. The van der Waals surface area contributed by atoms with E-state index in [4.69, 9.17) is 5.11 Å². The zero-order valence-corrected chi connectivity index (χ0v) is 10.9. The van der Waals surface area contributed by atoms with Crippen LogP contribution < -0.4 is 0 Å². The first-order valence-corrected chi connectivity index (χ1v) is 6.56. The molecule has 1 aliphatic rings. The van der Waals surface area contributed by atoms with E-state index in [-0.39, 0.29) is 17.1 Å². The second-order valence-corrected chi connectivity index (χ2v) is 5.11. The van der Waals surface area contributed by atoms with E-state index in [1.165, 1.54) is 4.68 Å². The van der Waals surface area contributed by atoms with Gasteiger partial charge >= 0.3 is 12.1 Å². The van der Waals surface area contributed by atoms with Gasteiger partial charge < -0.3 is 5.11 Å². The van der Waals surface area contributed by atoms with Crippen molar-refractivity contribution in [3.8, 4) is 0 Å². The van der Waals surface area contributed by atoms with Crippen LogP contribution >= 0.6 is 0 Å². The number of pyridine rings is 1. The largest absolute Gasteiger partial charge is 0.478 e. The molecular weight excluding hydrogens is 287 g/mol. The fourth-order valence-electron chi connectivity index (χ4n) is 2.88.